The van der Waals surface area contributed by atoms with Crippen LogP contribution >= 0.6 is 22.9 Å². The molecule has 2 aromatic rings. The van der Waals surface area contributed by atoms with Gasteiger partial charge in [0, 0.05) is 24.6 Å². The number of aromatic nitrogens is 2. The Bertz CT molecular complexity index is 1100. The van der Waals surface area contributed by atoms with Crippen LogP contribution in [-0.2, 0) is 14.3 Å². The van der Waals surface area contributed by atoms with E-state index < -0.39 is 23.6 Å². The fraction of sp³-hybridized carbons (Fsp3) is 0.542. The van der Waals surface area contributed by atoms with Crippen molar-refractivity contribution in [1.82, 2.24) is 20.2 Å². The van der Waals surface area contributed by atoms with Gasteiger partial charge in [-0.1, -0.05) is 19.3 Å². The number of Topliss-reactive ketones (excluding diaryl/α,β-unsaturated/α-hetero) is 1. The van der Waals surface area contributed by atoms with Crippen LogP contribution in [0.1, 0.15) is 47.6 Å². The lowest BCUT2D eigenvalue weighted by atomic mass is 9.83. The zero-order valence-corrected chi connectivity index (χ0v) is 20.5. The number of likely N-dealkylation sites (tertiary alicyclic amines) is 1. The molecule has 2 aromatic heterocycles. The molecule has 0 aromatic carbocycles. The van der Waals surface area contributed by atoms with Crippen LogP contribution < -0.4 is 5.32 Å². The van der Waals surface area contributed by atoms with E-state index in [4.69, 9.17) is 16.3 Å². The minimum Gasteiger partial charge on any atom is -0.366 e. The van der Waals surface area contributed by atoms with E-state index in [2.05, 4.69) is 15.3 Å². The zero-order valence-electron chi connectivity index (χ0n) is 18.9. The predicted molar refractivity (Wildman–Crippen MR) is 128 cm³/mol. The number of nitrogens with one attached hydrogen (secondary N) is 1. The first-order valence-corrected chi connectivity index (χ1v) is 13.0. The Hall–Kier alpha value is -2.36. The summed E-state index contributed by atoms with van der Waals surface area (Å²) in [6.45, 7) is 2.12. The van der Waals surface area contributed by atoms with E-state index >= 15 is 0 Å². The van der Waals surface area contributed by atoms with Crippen LogP contribution in [0.25, 0.3) is 10.4 Å². The van der Waals surface area contributed by atoms with Crippen LogP contribution in [0.15, 0.2) is 24.5 Å². The van der Waals surface area contributed by atoms with Gasteiger partial charge >= 0.3 is 0 Å². The summed E-state index contributed by atoms with van der Waals surface area (Å²) in [5, 5.41) is 2.84. The maximum atomic E-state index is 13.7. The van der Waals surface area contributed by atoms with Crippen molar-refractivity contribution < 1.29 is 19.1 Å². The van der Waals surface area contributed by atoms with Crippen molar-refractivity contribution >= 4 is 40.5 Å². The van der Waals surface area contributed by atoms with Crippen LogP contribution in [0.2, 0.25) is 0 Å². The number of nitrogens with zero attached hydrogens (tertiary/aromatic N) is 3. The van der Waals surface area contributed by atoms with Crippen LogP contribution in [-0.4, -0.2) is 69.2 Å². The molecule has 5 rings (SSSR count). The van der Waals surface area contributed by atoms with Gasteiger partial charge in [-0.3, -0.25) is 19.4 Å². The summed E-state index contributed by atoms with van der Waals surface area (Å²) in [5.74, 6) is -0.748. The lowest BCUT2D eigenvalue weighted by Crippen LogP contribution is -2.55. The normalized spacial score (nSPS) is 25.9. The summed E-state index contributed by atoms with van der Waals surface area (Å²) in [6.07, 6.45) is 7.77. The lowest BCUT2D eigenvalue weighted by molar-refractivity contribution is -0.139. The first-order chi connectivity index (χ1) is 16.4. The standard InChI is InChI=1S/C24H27ClN4O4S/c1-13-9-15(7-8-26-13)18-10-27-23(34-18)22(31)28-19(14-5-3-2-4-6-14)24(32)29-11-16(25)21-20(29)17(30)12-33-21/h7-10,14,16,19-21H,2-6,11-12H2,1H3,(H,28,31)/t16-,19?,20+,21+/m0/s1. The Morgan fingerprint density at radius 2 is 2.06 bits per heavy atom. The van der Waals surface area contributed by atoms with Gasteiger partial charge in [-0.05, 0) is 43.4 Å². The number of carbonyl (C=O) groups is 3. The largest absolute Gasteiger partial charge is 0.366 e. The Balaban J connectivity index is 1.37. The van der Waals surface area contributed by atoms with Crippen molar-refractivity contribution in [2.24, 2.45) is 5.92 Å². The monoisotopic (exact) mass is 502 g/mol. The van der Waals surface area contributed by atoms with Crippen LogP contribution in [0, 0.1) is 12.8 Å². The highest BCUT2D eigenvalue weighted by atomic mass is 35.5. The van der Waals surface area contributed by atoms with Crippen molar-refractivity contribution in [2.45, 2.75) is 62.6 Å². The molecule has 0 bridgehead atoms. The van der Waals surface area contributed by atoms with E-state index in [0.717, 1.165) is 48.2 Å². The number of thiazole rings is 1. The number of hydrogen-bond donors (Lipinski definition) is 1. The number of aryl methyl sites for hydroxylation is 1. The molecule has 8 nitrogen and oxygen atoms in total. The smallest absolute Gasteiger partial charge is 0.280 e. The molecule has 1 unspecified atom stereocenters. The fourth-order valence-electron chi connectivity index (χ4n) is 5.27. The van der Waals surface area contributed by atoms with Crippen molar-refractivity contribution in [2.75, 3.05) is 13.2 Å². The molecule has 4 heterocycles. The molecular weight excluding hydrogens is 476 g/mol. The van der Waals surface area contributed by atoms with Gasteiger partial charge in [0.15, 0.2) is 10.8 Å². The first-order valence-electron chi connectivity index (χ1n) is 11.7. The summed E-state index contributed by atoms with van der Waals surface area (Å²) >= 11 is 7.69. The Morgan fingerprint density at radius 3 is 2.82 bits per heavy atom. The third-order valence-corrected chi connectivity index (χ3v) is 8.39. The summed E-state index contributed by atoms with van der Waals surface area (Å²) in [6, 6.07) is 2.43. The van der Waals surface area contributed by atoms with Gasteiger partial charge in [-0.2, -0.15) is 0 Å². The number of halogens is 1. The molecule has 1 N–H and O–H groups in total. The van der Waals surface area contributed by atoms with Crippen LogP contribution in [0.3, 0.4) is 0 Å². The van der Waals surface area contributed by atoms with Crippen molar-refractivity contribution in [1.29, 1.82) is 0 Å². The highest BCUT2D eigenvalue weighted by Gasteiger charge is 2.53. The van der Waals surface area contributed by atoms with Crippen molar-refractivity contribution in [3.63, 3.8) is 0 Å². The number of alkyl halides is 1. The number of fused-ring (bicyclic) bond motifs is 1. The van der Waals surface area contributed by atoms with Gasteiger partial charge < -0.3 is 15.0 Å². The molecule has 3 aliphatic rings. The van der Waals surface area contributed by atoms with Gasteiger partial charge in [0.2, 0.25) is 5.91 Å². The zero-order chi connectivity index (χ0) is 23.8. The predicted octanol–water partition coefficient (Wildman–Crippen LogP) is 2.98. The molecular formula is C24H27ClN4O4S. The maximum Gasteiger partial charge on any atom is 0.280 e. The van der Waals surface area contributed by atoms with Gasteiger partial charge in [-0.25, -0.2) is 4.98 Å². The lowest BCUT2D eigenvalue weighted by Gasteiger charge is -2.34. The second kappa shape index (κ2) is 9.71. The summed E-state index contributed by atoms with van der Waals surface area (Å²) in [4.78, 5) is 50.3. The van der Waals surface area contributed by atoms with Crippen molar-refractivity contribution in [3.05, 3.63) is 35.2 Å². The number of rotatable bonds is 5. The van der Waals surface area contributed by atoms with E-state index in [1.165, 1.54) is 16.2 Å². The summed E-state index contributed by atoms with van der Waals surface area (Å²) < 4.78 is 5.54. The second-order valence-corrected chi connectivity index (χ2v) is 10.8. The second-order valence-electron chi connectivity index (χ2n) is 9.26. The van der Waals surface area contributed by atoms with E-state index in [1.54, 1.807) is 12.4 Å². The van der Waals surface area contributed by atoms with Gasteiger partial charge in [-0.15, -0.1) is 22.9 Å². The molecule has 34 heavy (non-hydrogen) atoms. The molecule has 3 fully saturated rings. The molecule has 2 aliphatic heterocycles. The quantitative estimate of drug-likeness (QED) is 0.631. The maximum absolute atomic E-state index is 13.7. The molecule has 0 radical (unpaired) electrons. The van der Waals surface area contributed by atoms with Gasteiger partial charge in [0.05, 0.1) is 10.3 Å². The molecule has 4 atom stereocenters. The topological polar surface area (TPSA) is 101 Å². The molecule has 10 heteroatoms. The Labute approximate surface area is 207 Å². The average molecular weight is 503 g/mol. The average Bonchev–Trinajstić information content (AvgIpc) is 3.56. The number of hydrogen-bond acceptors (Lipinski definition) is 7. The van der Waals surface area contributed by atoms with E-state index in [-0.39, 0.29) is 36.7 Å². The van der Waals surface area contributed by atoms with E-state index in [1.807, 2.05) is 19.1 Å². The van der Waals surface area contributed by atoms with Gasteiger partial charge in [0.1, 0.15) is 24.8 Å². The van der Waals surface area contributed by atoms with Crippen LogP contribution in [0.4, 0.5) is 0 Å². The SMILES string of the molecule is Cc1cc(-c2cnc(C(=O)NC(C(=O)N3C[C@H](Cl)[C@H]4OCC(=O)[C@H]43)C3CCCCC3)s2)ccn1. The van der Waals surface area contributed by atoms with Gasteiger partial charge in [0.25, 0.3) is 5.91 Å². The fourth-order valence-corrected chi connectivity index (χ4v) is 6.44. The van der Waals surface area contributed by atoms with E-state index in [0.29, 0.717) is 5.01 Å². The van der Waals surface area contributed by atoms with E-state index in [9.17, 15) is 14.4 Å². The van der Waals surface area contributed by atoms with Crippen LogP contribution in [0.5, 0.6) is 0 Å². The first kappa shape index (κ1) is 23.4. The molecule has 1 saturated carbocycles. The van der Waals surface area contributed by atoms with Crippen molar-refractivity contribution in [3.8, 4) is 10.4 Å². The number of amides is 2. The third kappa shape index (κ3) is 4.48. The molecule has 2 saturated heterocycles. The molecule has 1 aliphatic carbocycles. The highest BCUT2D eigenvalue weighted by Crippen LogP contribution is 2.34. The Morgan fingerprint density at radius 1 is 1.26 bits per heavy atom. The minimum absolute atomic E-state index is 0.0118. The summed E-state index contributed by atoms with van der Waals surface area (Å²) in [7, 11) is 0. The number of pyridine rings is 1. The number of ketones is 1. The Kier molecular flexibility index (Phi) is 6.68. The highest BCUT2D eigenvalue weighted by molar-refractivity contribution is 7.17. The molecule has 2 amide bonds. The molecule has 0 spiro atoms. The third-order valence-electron chi connectivity index (χ3n) is 6.96. The number of carbonyl (C=O) groups excluding carboxylic acids is 3. The minimum atomic E-state index is -0.723. The number of ether oxygens (including phenoxy) is 1. The summed E-state index contributed by atoms with van der Waals surface area (Å²) in [5.41, 5.74) is 1.83. The molecule has 180 valence electrons.